The molecule has 0 radical (unpaired) electrons. The van der Waals surface area contributed by atoms with E-state index >= 15 is 0 Å². The van der Waals surface area contributed by atoms with Gasteiger partial charge in [0.2, 0.25) is 5.91 Å². The predicted octanol–water partition coefficient (Wildman–Crippen LogP) is 1.07. The molecule has 2 heterocycles. The summed E-state index contributed by atoms with van der Waals surface area (Å²) in [5.41, 5.74) is -0.373. The van der Waals surface area contributed by atoms with Gasteiger partial charge in [-0.25, -0.2) is 4.79 Å². The molecule has 9 heteroatoms. The van der Waals surface area contributed by atoms with Gasteiger partial charge in [-0.2, -0.15) is 5.10 Å². The maximum Gasteiger partial charge on any atom is 0.331 e. The summed E-state index contributed by atoms with van der Waals surface area (Å²) in [6, 6.07) is 6.97. The average molecular weight is 358 g/mol. The van der Waals surface area contributed by atoms with Crippen molar-refractivity contribution in [3.63, 3.8) is 0 Å². The van der Waals surface area contributed by atoms with Gasteiger partial charge in [-0.15, -0.1) is 0 Å². The zero-order valence-corrected chi connectivity index (χ0v) is 14.3. The van der Waals surface area contributed by atoms with E-state index in [9.17, 15) is 19.5 Å². The van der Waals surface area contributed by atoms with Crippen LogP contribution in [-0.4, -0.2) is 45.8 Å². The highest BCUT2D eigenvalue weighted by atomic mass is 16.5. The summed E-state index contributed by atoms with van der Waals surface area (Å²) in [6.07, 6.45) is 2.79. The van der Waals surface area contributed by atoms with Gasteiger partial charge >= 0.3 is 5.97 Å². The Balaban J connectivity index is 1.71. The molecule has 2 aromatic rings. The maximum absolute atomic E-state index is 12.3. The van der Waals surface area contributed by atoms with Crippen LogP contribution in [-0.2, 0) is 19.9 Å². The second-order valence-electron chi connectivity index (χ2n) is 6.32. The summed E-state index contributed by atoms with van der Waals surface area (Å²) in [6.45, 7) is 2.68. The van der Waals surface area contributed by atoms with Crippen molar-refractivity contribution in [2.75, 3.05) is 23.4 Å². The van der Waals surface area contributed by atoms with Gasteiger partial charge in [-0.05, 0) is 26.0 Å². The van der Waals surface area contributed by atoms with Crippen LogP contribution >= 0.6 is 0 Å². The molecule has 136 valence electrons. The monoisotopic (exact) mass is 358 g/mol. The molecule has 26 heavy (non-hydrogen) atoms. The van der Waals surface area contributed by atoms with E-state index in [1.54, 1.807) is 24.3 Å². The lowest BCUT2D eigenvalue weighted by Gasteiger charge is -2.28. The summed E-state index contributed by atoms with van der Waals surface area (Å²) in [4.78, 5) is 37.0. The highest BCUT2D eigenvalue weighted by Crippen LogP contribution is 2.31. The highest BCUT2D eigenvalue weighted by molar-refractivity contribution is 6.04. The molecule has 0 aliphatic carbocycles. The molecule has 1 aromatic heterocycles. The van der Waals surface area contributed by atoms with Crippen LogP contribution in [0, 0.1) is 0 Å². The summed E-state index contributed by atoms with van der Waals surface area (Å²) in [5, 5.41) is 15.8. The van der Waals surface area contributed by atoms with E-state index in [2.05, 4.69) is 10.4 Å². The Labute approximate surface area is 149 Å². The molecule has 3 rings (SSSR count). The van der Waals surface area contributed by atoms with Crippen LogP contribution in [0.25, 0.3) is 0 Å². The smallest absolute Gasteiger partial charge is 0.331 e. The molecule has 2 N–H and O–H groups in total. The second-order valence-corrected chi connectivity index (χ2v) is 6.32. The molecule has 9 nitrogen and oxygen atoms in total. The number of carbonyl (C=O) groups is 3. The predicted molar refractivity (Wildman–Crippen MR) is 92.1 cm³/mol. The molecular weight excluding hydrogens is 340 g/mol. The van der Waals surface area contributed by atoms with Crippen LogP contribution in [0.4, 0.5) is 11.4 Å². The van der Waals surface area contributed by atoms with Crippen molar-refractivity contribution in [3.05, 3.63) is 36.7 Å². The fourth-order valence-electron chi connectivity index (χ4n) is 2.46. The van der Waals surface area contributed by atoms with Crippen molar-refractivity contribution in [3.8, 4) is 5.75 Å². The van der Waals surface area contributed by atoms with E-state index < -0.39 is 17.4 Å². The summed E-state index contributed by atoms with van der Waals surface area (Å²) in [7, 11) is 0. The molecular formula is C17H18N4O5. The van der Waals surface area contributed by atoms with E-state index in [1.165, 1.54) is 35.8 Å². The minimum absolute atomic E-state index is 0.130. The number of hydrogen-bond acceptors (Lipinski definition) is 5. The van der Waals surface area contributed by atoms with Crippen molar-refractivity contribution in [1.82, 2.24) is 9.78 Å². The first-order valence-corrected chi connectivity index (χ1v) is 7.89. The van der Waals surface area contributed by atoms with Crippen LogP contribution in [0.2, 0.25) is 0 Å². The van der Waals surface area contributed by atoms with Gasteiger partial charge in [0.25, 0.3) is 5.91 Å². The lowest BCUT2D eigenvalue weighted by Crippen LogP contribution is -2.43. The number of nitrogens with zero attached hydrogens (tertiary/aromatic N) is 3. The maximum atomic E-state index is 12.3. The van der Waals surface area contributed by atoms with Crippen LogP contribution in [0.15, 0.2) is 36.7 Å². The lowest BCUT2D eigenvalue weighted by molar-refractivity contribution is -0.146. The summed E-state index contributed by atoms with van der Waals surface area (Å²) < 4.78 is 6.59. The van der Waals surface area contributed by atoms with Gasteiger partial charge in [0.15, 0.2) is 12.1 Å². The molecule has 2 amide bonds. The Morgan fingerprint density at radius 1 is 1.35 bits per heavy atom. The van der Waals surface area contributed by atoms with Gasteiger partial charge in [0, 0.05) is 6.20 Å². The molecule has 1 aliphatic rings. The molecule has 0 spiro atoms. The first kappa shape index (κ1) is 17.5. The first-order chi connectivity index (χ1) is 12.3. The minimum Gasteiger partial charge on any atom is -0.482 e. The average Bonchev–Trinajstić information content (AvgIpc) is 3.06. The molecule has 1 aromatic carbocycles. The lowest BCUT2D eigenvalue weighted by atomic mass is 10.1. The number of anilines is 2. The molecule has 1 aliphatic heterocycles. The number of carboxylic acids is 1. The third-order valence-electron chi connectivity index (χ3n) is 4.07. The van der Waals surface area contributed by atoms with Crippen LogP contribution in [0.3, 0.4) is 0 Å². The van der Waals surface area contributed by atoms with E-state index in [1.807, 2.05) is 0 Å². The van der Waals surface area contributed by atoms with Gasteiger partial charge < -0.3 is 15.2 Å². The number of ether oxygens (including phenoxy) is 1. The highest BCUT2D eigenvalue weighted by Gasteiger charge is 2.31. The Morgan fingerprint density at radius 2 is 2.08 bits per heavy atom. The molecule has 0 unspecified atom stereocenters. The Hall–Kier alpha value is -3.36. The number of aromatic nitrogens is 2. The van der Waals surface area contributed by atoms with Gasteiger partial charge in [0.1, 0.15) is 12.3 Å². The number of nitrogens with one attached hydrogen (secondary N) is 1. The van der Waals surface area contributed by atoms with Gasteiger partial charge in [-0.1, -0.05) is 12.1 Å². The van der Waals surface area contributed by atoms with Crippen molar-refractivity contribution in [2.24, 2.45) is 0 Å². The number of benzene rings is 1. The van der Waals surface area contributed by atoms with Crippen molar-refractivity contribution in [1.29, 1.82) is 0 Å². The Kier molecular flexibility index (Phi) is 4.37. The molecule has 0 bridgehead atoms. The number of aliphatic carboxylic acids is 1. The van der Waals surface area contributed by atoms with Crippen molar-refractivity contribution >= 4 is 29.2 Å². The fourth-order valence-corrected chi connectivity index (χ4v) is 2.46. The van der Waals surface area contributed by atoms with E-state index in [0.717, 1.165) is 0 Å². The van der Waals surface area contributed by atoms with Crippen molar-refractivity contribution < 1.29 is 24.2 Å². The van der Waals surface area contributed by atoms with Crippen molar-refractivity contribution in [2.45, 2.75) is 19.4 Å². The number of rotatable bonds is 5. The van der Waals surface area contributed by atoms with Crippen LogP contribution in [0.1, 0.15) is 13.8 Å². The summed E-state index contributed by atoms with van der Waals surface area (Å²) in [5.74, 6) is -1.26. The third-order valence-corrected chi connectivity index (χ3v) is 4.07. The SMILES string of the molecule is CC(C)(C(=O)O)n1cc(NC(=O)CN2C(=O)COc3ccccc32)cn1. The standard InChI is InChI=1S/C17H18N4O5/c1-17(2,16(24)25)21-8-11(7-18-21)19-14(22)9-20-12-5-3-4-6-13(12)26-10-15(20)23/h3-8H,9-10H2,1-2H3,(H,19,22)(H,24,25). The Morgan fingerprint density at radius 3 is 2.81 bits per heavy atom. The molecule has 0 fully saturated rings. The van der Waals surface area contributed by atoms with Crippen LogP contribution in [0.5, 0.6) is 5.75 Å². The normalized spacial score (nSPS) is 13.8. The fraction of sp³-hybridized carbons (Fsp3) is 0.294. The molecule has 0 saturated heterocycles. The number of fused-ring (bicyclic) bond motifs is 1. The van der Waals surface area contributed by atoms with Gasteiger partial charge in [0.05, 0.1) is 17.6 Å². The first-order valence-electron chi connectivity index (χ1n) is 7.89. The summed E-state index contributed by atoms with van der Waals surface area (Å²) >= 11 is 0. The van der Waals surface area contributed by atoms with Crippen LogP contribution < -0.4 is 15.0 Å². The quantitative estimate of drug-likeness (QED) is 0.826. The largest absolute Gasteiger partial charge is 0.482 e. The van der Waals surface area contributed by atoms with Gasteiger partial charge in [-0.3, -0.25) is 19.2 Å². The number of para-hydroxylation sites is 2. The Bertz CT molecular complexity index is 874. The number of carbonyl (C=O) groups excluding carboxylic acids is 2. The number of carboxylic acid groups (broad SMARTS) is 1. The minimum atomic E-state index is -1.25. The third kappa shape index (κ3) is 3.23. The number of hydrogen-bond donors (Lipinski definition) is 2. The van der Waals surface area contributed by atoms with E-state index in [-0.39, 0.29) is 19.1 Å². The zero-order chi connectivity index (χ0) is 18.9. The second kappa shape index (κ2) is 6.51. The topological polar surface area (TPSA) is 114 Å². The van der Waals surface area contributed by atoms with E-state index in [4.69, 9.17) is 4.74 Å². The molecule has 0 saturated carbocycles. The number of amides is 2. The van der Waals surface area contributed by atoms with E-state index in [0.29, 0.717) is 17.1 Å². The molecule has 0 atom stereocenters. The zero-order valence-electron chi connectivity index (χ0n) is 14.3.